The van der Waals surface area contributed by atoms with E-state index >= 15 is 0 Å². The highest BCUT2D eigenvalue weighted by Crippen LogP contribution is 2.59. The van der Waals surface area contributed by atoms with E-state index in [0.29, 0.717) is 5.69 Å². The fourth-order valence-corrected chi connectivity index (χ4v) is 9.74. The van der Waals surface area contributed by atoms with Crippen LogP contribution in [0, 0.1) is 49.4 Å². The number of allylic oxidation sites excluding steroid dienone is 2. The molecule has 0 radical (unpaired) electrons. The number of hydrogen-bond acceptors (Lipinski definition) is 6. The number of likely N-dealkylation sites (tertiary alicyclic amines) is 1. The van der Waals surface area contributed by atoms with E-state index in [2.05, 4.69) is 61.8 Å². The summed E-state index contributed by atoms with van der Waals surface area (Å²) in [6, 6.07) is 8.93. The Kier molecular flexibility index (Phi) is 5.97. The first-order chi connectivity index (χ1) is 21.6. The van der Waals surface area contributed by atoms with Crippen LogP contribution in [0.2, 0.25) is 0 Å². The monoisotopic (exact) mass is 620 g/mol. The molecule has 4 heterocycles. The number of amides is 4. The minimum absolute atomic E-state index is 0.0520. The molecule has 4 amide bonds. The predicted molar refractivity (Wildman–Crippen MR) is 177 cm³/mol. The molecule has 6 atom stereocenters. The number of carbonyl (C=O) groups is 4. The Hall–Kier alpha value is -3.94. The summed E-state index contributed by atoms with van der Waals surface area (Å²) in [7, 11) is 0. The Morgan fingerprint density at radius 3 is 1.52 bits per heavy atom. The standard InChI is InChI=1S/C38H44N4O4/c1-19-13-21-17-40-12-11-39(27(21)15-25(19)37(3,4)5)18-22-14-20(2)26(16-28(22)40)41-33(43)29-23-9-10-24(30(29)34(41)44)32-31(23)35(45)42(36(32)46)38(6,7)8/h9-10,13-16,23-24,29-32H,11-12,17-18H2,1-8H3. The molecule has 3 aliphatic carbocycles. The van der Waals surface area contributed by atoms with Gasteiger partial charge in [0.2, 0.25) is 23.6 Å². The van der Waals surface area contributed by atoms with E-state index in [0.717, 1.165) is 37.4 Å². The first-order valence-corrected chi connectivity index (χ1v) is 16.8. The summed E-state index contributed by atoms with van der Waals surface area (Å²) < 4.78 is 0. The summed E-state index contributed by atoms with van der Waals surface area (Å²) in [5.41, 5.74) is 8.40. The molecule has 3 fully saturated rings. The van der Waals surface area contributed by atoms with Crippen LogP contribution >= 0.6 is 0 Å². The van der Waals surface area contributed by atoms with Gasteiger partial charge in [-0.2, -0.15) is 0 Å². The van der Waals surface area contributed by atoms with Crippen molar-refractivity contribution >= 4 is 40.7 Å². The summed E-state index contributed by atoms with van der Waals surface area (Å²) in [6.45, 7) is 19.8. The van der Waals surface area contributed by atoms with Crippen molar-refractivity contribution in [3.8, 4) is 0 Å². The maximum Gasteiger partial charge on any atom is 0.238 e. The van der Waals surface area contributed by atoms with Gasteiger partial charge in [0, 0.05) is 54.9 Å². The molecule has 2 aromatic rings. The normalized spacial score (nSPS) is 29.7. The third-order valence-corrected chi connectivity index (χ3v) is 11.6. The van der Waals surface area contributed by atoms with Crippen molar-refractivity contribution in [3.63, 3.8) is 0 Å². The van der Waals surface area contributed by atoms with Gasteiger partial charge in [0.1, 0.15) is 0 Å². The average molecular weight is 621 g/mol. The van der Waals surface area contributed by atoms with Gasteiger partial charge >= 0.3 is 0 Å². The molecule has 4 bridgehead atoms. The van der Waals surface area contributed by atoms with Crippen LogP contribution in [0.1, 0.15) is 69.4 Å². The van der Waals surface area contributed by atoms with Gasteiger partial charge < -0.3 is 9.80 Å². The summed E-state index contributed by atoms with van der Waals surface area (Å²) in [5, 5.41) is 0. The third kappa shape index (κ3) is 3.85. The van der Waals surface area contributed by atoms with Crippen LogP contribution in [0.25, 0.3) is 0 Å². The Labute approximate surface area is 271 Å². The number of anilines is 3. The highest BCUT2D eigenvalue weighted by Gasteiger charge is 2.69. The van der Waals surface area contributed by atoms with Crippen molar-refractivity contribution in [2.75, 3.05) is 27.8 Å². The van der Waals surface area contributed by atoms with E-state index in [9.17, 15) is 19.2 Å². The maximum absolute atomic E-state index is 14.4. The number of imide groups is 2. The molecule has 0 aromatic heterocycles. The number of carbonyl (C=O) groups excluding carboxylic acids is 4. The lowest BCUT2D eigenvalue weighted by Crippen LogP contribution is -2.50. The highest BCUT2D eigenvalue weighted by molar-refractivity contribution is 6.24. The van der Waals surface area contributed by atoms with Crippen molar-refractivity contribution in [1.82, 2.24) is 4.90 Å². The van der Waals surface area contributed by atoms with Crippen LogP contribution < -0.4 is 14.7 Å². The molecule has 9 rings (SSSR count). The van der Waals surface area contributed by atoms with Gasteiger partial charge in [0.05, 0.1) is 29.4 Å². The minimum Gasteiger partial charge on any atom is -0.365 e. The van der Waals surface area contributed by atoms with Crippen molar-refractivity contribution in [3.05, 3.63) is 64.2 Å². The van der Waals surface area contributed by atoms with Crippen molar-refractivity contribution < 1.29 is 19.2 Å². The second-order valence-electron chi connectivity index (χ2n) is 16.5. The van der Waals surface area contributed by atoms with Crippen LogP contribution in [0.15, 0.2) is 36.4 Å². The van der Waals surface area contributed by atoms with E-state index in [4.69, 9.17) is 0 Å². The number of nitrogens with zero attached hydrogens (tertiary/aromatic N) is 4. The van der Waals surface area contributed by atoms with Gasteiger partial charge in [-0.25, -0.2) is 4.90 Å². The number of fused-ring (bicyclic) bond motifs is 7. The quantitative estimate of drug-likeness (QED) is 0.320. The molecule has 0 spiro atoms. The Bertz CT molecular complexity index is 1740. The van der Waals surface area contributed by atoms with E-state index < -0.39 is 41.0 Å². The molecular formula is C38H44N4O4. The summed E-state index contributed by atoms with van der Waals surface area (Å²) in [6.07, 6.45) is 3.88. The lowest BCUT2D eigenvalue weighted by Gasteiger charge is -2.44. The lowest BCUT2D eigenvalue weighted by atomic mass is 9.54. The van der Waals surface area contributed by atoms with E-state index in [1.807, 2.05) is 39.8 Å². The second-order valence-corrected chi connectivity index (χ2v) is 16.5. The van der Waals surface area contributed by atoms with Gasteiger partial charge in [-0.15, -0.1) is 0 Å². The highest BCUT2D eigenvalue weighted by atomic mass is 16.2. The predicted octanol–water partition coefficient (Wildman–Crippen LogP) is 5.26. The van der Waals surface area contributed by atoms with Crippen molar-refractivity contribution in [2.45, 2.75) is 79.4 Å². The number of aryl methyl sites for hydroxylation is 2. The fourth-order valence-electron chi connectivity index (χ4n) is 9.74. The average Bonchev–Trinajstić information content (AvgIpc) is 3.23. The van der Waals surface area contributed by atoms with Crippen LogP contribution in [0.3, 0.4) is 0 Å². The van der Waals surface area contributed by atoms with Crippen molar-refractivity contribution in [1.29, 1.82) is 0 Å². The smallest absolute Gasteiger partial charge is 0.238 e. The number of rotatable bonds is 1. The van der Waals surface area contributed by atoms with E-state index in [1.54, 1.807) is 0 Å². The third-order valence-electron chi connectivity index (χ3n) is 11.6. The van der Waals surface area contributed by atoms with Crippen molar-refractivity contribution in [2.24, 2.45) is 35.5 Å². The SMILES string of the molecule is Cc1cc2c(cc1N1C(=O)C3C4C=CC(C3C1=O)C1C(=O)N(C(C)(C)C)C(=O)C41)N1CCN(C2)c2cc(C(C)(C)C)c(C)cc2C1. The summed E-state index contributed by atoms with van der Waals surface area (Å²) in [5.74, 6) is -4.25. The Morgan fingerprint density at radius 2 is 1.04 bits per heavy atom. The molecule has 7 aliphatic rings. The topological polar surface area (TPSA) is 81.2 Å². The molecule has 8 nitrogen and oxygen atoms in total. The summed E-state index contributed by atoms with van der Waals surface area (Å²) >= 11 is 0. The molecule has 240 valence electrons. The van der Waals surface area contributed by atoms with E-state index in [1.165, 1.54) is 37.7 Å². The molecule has 2 saturated heterocycles. The van der Waals surface area contributed by atoms with Crippen LogP contribution in [0.4, 0.5) is 17.1 Å². The molecule has 2 aromatic carbocycles. The number of hydrogen-bond donors (Lipinski definition) is 0. The van der Waals surface area contributed by atoms with Crippen LogP contribution in [-0.4, -0.2) is 47.2 Å². The minimum atomic E-state index is -0.656. The summed E-state index contributed by atoms with van der Waals surface area (Å²) in [4.78, 5) is 63.7. The fraction of sp³-hybridized carbons (Fsp3) is 0.526. The zero-order chi connectivity index (χ0) is 32.8. The maximum atomic E-state index is 14.4. The molecule has 4 aliphatic heterocycles. The molecule has 46 heavy (non-hydrogen) atoms. The first-order valence-electron chi connectivity index (χ1n) is 16.8. The Morgan fingerprint density at radius 1 is 0.587 bits per heavy atom. The second kappa shape index (κ2) is 9.33. The zero-order valence-corrected chi connectivity index (χ0v) is 28.2. The molecule has 1 saturated carbocycles. The molecular weight excluding hydrogens is 576 g/mol. The molecule has 6 unspecified atom stereocenters. The Balaban J connectivity index is 1.16. The van der Waals surface area contributed by atoms with Gasteiger partial charge in [-0.05, 0) is 80.0 Å². The zero-order valence-electron chi connectivity index (χ0n) is 28.2. The number of benzene rings is 2. The van der Waals surface area contributed by atoms with Crippen LogP contribution in [-0.2, 0) is 37.7 Å². The first kappa shape index (κ1) is 29.5. The van der Waals surface area contributed by atoms with Gasteiger partial charge in [0.15, 0.2) is 0 Å². The van der Waals surface area contributed by atoms with Gasteiger partial charge in [-0.3, -0.25) is 24.1 Å². The van der Waals surface area contributed by atoms with Gasteiger partial charge in [-0.1, -0.05) is 45.1 Å². The molecule has 0 N–H and O–H groups in total. The van der Waals surface area contributed by atoms with Crippen LogP contribution in [0.5, 0.6) is 0 Å². The lowest BCUT2D eigenvalue weighted by molar-refractivity contribution is -0.145. The molecule has 8 heteroatoms. The van der Waals surface area contributed by atoms with E-state index in [-0.39, 0.29) is 29.0 Å². The van der Waals surface area contributed by atoms with Gasteiger partial charge in [0.25, 0.3) is 0 Å². The largest absolute Gasteiger partial charge is 0.365 e.